The fourth-order valence-corrected chi connectivity index (χ4v) is 3.29. The molecule has 1 heterocycles. The summed E-state index contributed by atoms with van der Waals surface area (Å²) in [5.74, 6) is 0.298. The van der Waals surface area contributed by atoms with Crippen LogP contribution in [-0.4, -0.2) is 20.7 Å². The van der Waals surface area contributed by atoms with Gasteiger partial charge < -0.3 is 9.30 Å². The summed E-state index contributed by atoms with van der Waals surface area (Å²) in [6.45, 7) is 2.11. The van der Waals surface area contributed by atoms with Gasteiger partial charge in [0.15, 0.2) is 5.16 Å². The first kappa shape index (κ1) is 17.2. The second-order valence-electron chi connectivity index (χ2n) is 5.69. The van der Waals surface area contributed by atoms with Crippen LogP contribution in [0.1, 0.15) is 23.3 Å². The molecule has 0 spiro atoms. The number of carbonyl (C=O) groups excluding carboxylic acids is 1. The lowest BCUT2D eigenvalue weighted by molar-refractivity contribution is -0.133. The number of esters is 1. The summed E-state index contributed by atoms with van der Waals surface area (Å²) in [4.78, 5) is 12.1. The molecule has 0 aliphatic carbocycles. The van der Waals surface area contributed by atoms with Gasteiger partial charge in [-0.2, -0.15) is 0 Å². The molecule has 3 rings (SSSR count). The van der Waals surface area contributed by atoms with Crippen LogP contribution in [0.25, 0.3) is 0 Å². The second kappa shape index (κ2) is 7.98. The predicted molar refractivity (Wildman–Crippen MR) is 97.5 cm³/mol. The van der Waals surface area contributed by atoms with Crippen LogP contribution in [0.2, 0.25) is 0 Å². The molecular weight excluding hydrogens is 334 g/mol. The smallest absolute Gasteiger partial charge is 0.315 e. The van der Waals surface area contributed by atoms with E-state index in [4.69, 9.17) is 4.74 Å². The van der Waals surface area contributed by atoms with E-state index in [1.807, 2.05) is 48.0 Å². The van der Waals surface area contributed by atoms with Gasteiger partial charge in [-0.3, -0.25) is 4.79 Å². The highest BCUT2D eigenvalue weighted by atomic mass is 32.2. The molecule has 0 saturated carbocycles. The number of para-hydroxylation sites is 1. The van der Waals surface area contributed by atoms with Gasteiger partial charge in [0, 0.05) is 12.3 Å². The molecule has 25 heavy (non-hydrogen) atoms. The maximum Gasteiger partial charge on any atom is 0.315 e. The molecule has 0 N–H and O–H groups in total. The monoisotopic (exact) mass is 353 g/mol. The minimum absolute atomic E-state index is 0.202. The number of carbonyl (C=O) groups is 1. The number of hydrogen-bond acceptors (Lipinski definition) is 5. The van der Waals surface area contributed by atoms with Gasteiger partial charge in [0.05, 0.1) is 6.42 Å². The van der Waals surface area contributed by atoms with Gasteiger partial charge in [-0.25, -0.2) is 0 Å². The Morgan fingerprint density at radius 3 is 2.72 bits per heavy atom. The Kier molecular flexibility index (Phi) is 5.50. The lowest BCUT2D eigenvalue weighted by Gasteiger charge is -2.12. The Labute approximate surface area is 151 Å². The third kappa shape index (κ3) is 4.70. The fourth-order valence-electron chi connectivity index (χ4n) is 2.38. The zero-order valence-electron chi connectivity index (χ0n) is 14.1. The van der Waals surface area contributed by atoms with Crippen LogP contribution in [0, 0.1) is 0 Å². The van der Waals surface area contributed by atoms with Crippen molar-refractivity contribution >= 4 is 17.7 Å². The van der Waals surface area contributed by atoms with E-state index < -0.39 is 0 Å². The minimum Gasteiger partial charge on any atom is -0.426 e. The van der Waals surface area contributed by atoms with Crippen molar-refractivity contribution in [3.63, 3.8) is 0 Å². The van der Waals surface area contributed by atoms with Crippen LogP contribution in [0.15, 0.2) is 66.1 Å². The average Bonchev–Trinajstić information content (AvgIpc) is 3.00. The standard InChI is InChI=1S/C19H19N3O2S/c1-14(25-19-21-20-13-22(19)2)16-8-6-7-15(11-16)12-18(23)24-17-9-4-3-5-10-17/h3-11,13-14H,12H2,1-2H3/t14-/m0/s1. The molecule has 0 saturated heterocycles. The molecule has 0 bridgehead atoms. The van der Waals surface area contributed by atoms with Crippen LogP contribution in [0.3, 0.4) is 0 Å². The number of nitrogens with zero attached hydrogens (tertiary/aromatic N) is 3. The van der Waals surface area contributed by atoms with E-state index >= 15 is 0 Å². The molecule has 2 aromatic carbocycles. The number of hydrogen-bond donors (Lipinski definition) is 0. The summed E-state index contributed by atoms with van der Waals surface area (Å²) in [5, 5.41) is 9.06. The van der Waals surface area contributed by atoms with E-state index in [0.29, 0.717) is 5.75 Å². The topological polar surface area (TPSA) is 57.0 Å². The van der Waals surface area contributed by atoms with E-state index in [1.165, 1.54) is 0 Å². The molecule has 1 atom stereocenters. The Hall–Kier alpha value is -2.60. The van der Waals surface area contributed by atoms with Gasteiger partial charge in [-0.15, -0.1) is 10.2 Å². The van der Waals surface area contributed by atoms with E-state index in [0.717, 1.165) is 16.3 Å². The van der Waals surface area contributed by atoms with Crippen LogP contribution in [0.5, 0.6) is 5.75 Å². The highest BCUT2D eigenvalue weighted by Crippen LogP contribution is 2.33. The number of ether oxygens (including phenoxy) is 1. The Morgan fingerprint density at radius 2 is 2.00 bits per heavy atom. The first-order valence-electron chi connectivity index (χ1n) is 7.97. The Morgan fingerprint density at radius 1 is 1.20 bits per heavy atom. The first-order valence-corrected chi connectivity index (χ1v) is 8.85. The number of aryl methyl sites for hydroxylation is 1. The second-order valence-corrected chi connectivity index (χ2v) is 7.00. The number of benzene rings is 2. The van der Waals surface area contributed by atoms with Crippen molar-refractivity contribution in [3.05, 3.63) is 72.1 Å². The molecule has 128 valence electrons. The van der Waals surface area contributed by atoms with Gasteiger partial charge in [0.25, 0.3) is 0 Å². The fraction of sp³-hybridized carbons (Fsp3) is 0.211. The highest BCUT2D eigenvalue weighted by molar-refractivity contribution is 7.99. The van der Waals surface area contributed by atoms with Crippen molar-refractivity contribution < 1.29 is 9.53 Å². The van der Waals surface area contributed by atoms with E-state index in [-0.39, 0.29) is 17.6 Å². The molecule has 0 unspecified atom stereocenters. The molecular formula is C19H19N3O2S. The molecule has 0 aliphatic heterocycles. The van der Waals surface area contributed by atoms with Crippen molar-refractivity contribution in [2.24, 2.45) is 7.05 Å². The number of aromatic nitrogens is 3. The summed E-state index contributed by atoms with van der Waals surface area (Å²) < 4.78 is 7.24. The summed E-state index contributed by atoms with van der Waals surface area (Å²) in [6.07, 6.45) is 1.93. The van der Waals surface area contributed by atoms with Gasteiger partial charge >= 0.3 is 5.97 Å². The van der Waals surface area contributed by atoms with Gasteiger partial charge in [-0.1, -0.05) is 54.2 Å². The highest BCUT2D eigenvalue weighted by Gasteiger charge is 2.13. The largest absolute Gasteiger partial charge is 0.426 e. The lowest BCUT2D eigenvalue weighted by Crippen LogP contribution is -2.11. The molecule has 0 amide bonds. The third-order valence-electron chi connectivity index (χ3n) is 3.70. The average molecular weight is 353 g/mol. The maximum absolute atomic E-state index is 12.1. The molecule has 0 fully saturated rings. The third-order valence-corrected chi connectivity index (χ3v) is 4.90. The van der Waals surface area contributed by atoms with Crippen LogP contribution < -0.4 is 4.74 Å². The number of rotatable bonds is 6. The van der Waals surface area contributed by atoms with Crippen molar-refractivity contribution in [1.82, 2.24) is 14.8 Å². The van der Waals surface area contributed by atoms with E-state index in [1.54, 1.807) is 30.2 Å². The van der Waals surface area contributed by atoms with Crippen LogP contribution in [-0.2, 0) is 18.3 Å². The molecule has 3 aromatic rings. The maximum atomic E-state index is 12.1. The Bertz CT molecular complexity index is 849. The van der Waals surface area contributed by atoms with Gasteiger partial charge in [-0.05, 0) is 30.2 Å². The van der Waals surface area contributed by atoms with E-state index in [9.17, 15) is 4.79 Å². The number of thioether (sulfide) groups is 1. The summed E-state index contributed by atoms with van der Waals surface area (Å²) in [6, 6.07) is 17.1. The predicted octanol–water partition coefficient (Wildman–Crippen LogP) is 3.82. The van der Waals surface area contributed by atoms with Crippen molar-refractivity contribution in [3.8, 4) is 5.75 Å². The molecule has 0 radical (unpaired) electrons. The van der Waals surface area contributed by atoms with E-state index in [2.05, 4.69) is 23.2 Å². The summed E-state index contributed by atoms with van der Waals surface area (Å²) in [5.41, 5.74) is 2.07. The molecule has 1 aromatic heterocycles. The van der Waals surface area contributed by atoms with Gasteiger partial charge in [0.2, 0.25) is 0 Å². The van der Waals surface area contributed by atoms with Crippen molar-refractivity contribution in [2.75, 3.05) is 0 Å². The first-order chi connectivity index (χ1) is 12.1. The summed E-state index contributed by atoms with van der Waals surface area (Å²) in [7, 11) is 1.92. The SMILES string of the molecule is C[C@H](Sc1nncn1C)c1cccc(CC(=O)Oc2ccccc2)c1. The quantitative estimate of drug-likeness (QED) is 0.383. The molecule has 0 aliphatic rings. The minimum atomic E-state index is -0.267. The Balaban J connectivity index is 1.64. The van der Waals surface area contributed by atoms with Crippen LogP contribution >= 0.6 is 11.8 Å². The zero-order chi connectivity index (χ0) is 17.6. The molecule has 6 heteroatoms. The summed E-state index contributed by atoms with van der Waals surface area (Å²) >= 11 is 1.63. The zero-order valence-corrected chi connectivity index (χ0v) is 14.9. The lowest BCUT2D eigenvalue weighted by atomic mass is 10.1. The van der Waals surface area contributed by atoms with Crippen molar-refractivity contribution in [1.29, 1.82) is 0 Å². The molecule has 5 nitrogen and oxygen atoms in total. The normalized spacial score (nSPS) is 11.9. The van der Waals surface area contributed by atoms with Gasteiger partial charge in [0.1, 0.15) is 12.1 Å². The van der Waals surface area contributed by atoms with Crippen LogP contribution in [0.4, 0.5) is 0 Å². The van der Waals surface area contributed by atoms with Crippen molar-refractivity contribution in [2.45, 2.75) is 23.8 Å².